The van der Waals surface area contributed by atoms with Crippen LogP contribution in [0.4, 0.5) is 0 Å². The van der Waals surface area contributed by atoms with Crippen molar-refractivity contribution < 1.29 is 27.8 Å². The first kappa shape index (κ1) is 37.9. The lowest BCUT2D eigenvalue weighted by molar-refractivity contribution is 0.0460. The molecule has 0 aliphatic rings. The molecule has 0 amide bonds. The molecule has 0 saturated carbocycles. The molecule has 0 aliphatic carbocycles. The van der Waals surface area contributed by atoms with E-state index in [1.54, 1.807) is 14.2 Å². The predicted molar refractivity (Wildman–Crippen MR) is 190 cm³/mol. The van der Waals surface area contributed by atoms with Crippen LogP contribution in [0.5, 0.6) is 23.0 Å². The summed E-state index contributed by atoms with van der Waals surface area (Å²) in [6.07, 6.45) is 4.19. The summed E-state index contributed by atoms with van der Waals surface area (Å²) in [6, 6.07) is 12.2. The Kier molecular flexibility index (Phi) is 14.5. The standard InChI is InChI=1S/C36H60O6Si2/c1-25(2)43(26(3)4,27(5)6)41-33-18-17-32(36(22-33)42-44(28(7)8,29(9)10)30(11)12)16-15-31-19-34(39-23-37-13)21-35(20-31)40-24-38-14/h15-22,25-30H,23-24H2,1-14H3/b16-15+. The number of hydrogen-bond donors (Lipinski definition) is 0. The van der Waals surface area contributed by atoms with Crippen LogP contribution < -0.4 is 18.3 Å². The smallest absolute Gasteiger partial charge is 0.258 e. The fourth-order valence-corrected chi connectivity index (χ4v) is 17.7. The second-order valence-corrected chi connectivity index (χ2v) is 24.5. The Morgan fingerprint density at radius 2 is 0.955 bits per heavy atom. The number of ether oxygens (including phenoxy) is 4. The molecule has 248 valence electrons. The lowest BCUT2D eigenvalue weighted by Gasteiger charge is -2.43. The maximum atomic E-state index is 7.34. The highest BCUT2D eigenvalue weighted by Crippen LogP contribution is 2.46. The third-order valence-electron chi connectivity index (χ3n) is 9.03. The topological polar surface area (TPSA) is 55.4 Å². The third kappa shape index (κ3) is 8.92. The van der Waals surface area contributed by atoms with E-state index in [1.165, 1.54) is 0 Å². The van der Waals surface area contributed by atoms with E-state index in [-0.39, 0.29) is 13.6 Å². The first-order valence-corrected chi connectivity index (χ1v) is 20.5. The zero-order valence-corrected chi connectivity index (χ0v) is 31.9. The van der Waals surface area contributed by atoms with Gasteiger partial charge in [0.05, 0.1) is 0 Å². The molecule has 0 aromatic heterocycles. The molecular formula is C36H60O6Si2. The second kappa shape index (κ2) is 16.9. The highest BCUT2D eigenvalue weighted by Gasteiger charge is 2.48. The molecule has 0 saturated heterocycles. The van der Waals surface area contributed by atoms with Crippen molar-refractivity contribution in [3.8, 4) is 23.0 Å². The van der Waals surface area contributed by atoms with Crippen LogP contribution in [0.3, 0.4) is 0 Å². The number of methoxy groups -OCH3 is 2. The average molecular weight is 645 g/mol. The van der Waals surface area contributed by atoms with Gasteiger partial charge >= 0.3 is 0 Å². The van der Waals surface area contributed by atoms with Crippen LogP contribution in [-0.2, 0) is 9.47 Å². The van der Waals surface area contributed by atoms with Crippen molar-refractivity contribution in [2.75, 3.05) is 27.8 Å². The molecular weight excluding hydrogens is 585 g/mol. The molecule has 6 nitrogen and oxygen atoms in total. The Labute approximate surface area is 270 Å². The van der Waals surface area contributed by atoms with Gasteiger partial charge in [-0.05, 0) is 63.1 Å². The lowest BCUT2D eigenvalue weighted by Crippen LogP contribution is -2.51. The Balaban J connectivity index is 2.71. The van der Waals surface area contributed by atoms with Gasteiger partial charge in [-0.1, -0.05) is 95.2 Å². The quantitative estimate of drug-likeness (QED) is 0.0914. The van der Waals surface area contributed by atoms with E-state index in [4.69, 9.17) is 27.8 Å². The first-order chi connectivity index (χ1) is 20.6. The van der Waals surface area contributed by atoms with Gasteiger partial charge < -0.3 is 27.8 Å². The van der Waals surface area contributed by atoms with Gasteiger partial charge in [-0.15, -0.1) is 0 Å². The fraction of sp³-hybridized carbons (Fsp3) is 0.611. The minimum atomic E-state index is -2.25. The third-order valence-corrected chi connectivity index (χ3v) is 21.0. The number of rotatable bonds is 18. The molecule has 0 N–H and O–H groups in total. The van der Waals surface area contributed by atoms with Crippen molar-refractivity contribution in [3.63, 3.8) is 0 Å². The first-order valence-electron chi connectivity index (χ1n) is 16.2. The van der Waals surface area contributed by atoms with Crippen LogP contribution in [0.2, 0.25) is 33.2 Å². The van der Waals surface area contributed by atoms with Crippen molar-refractivity contribution in [3.05, 3.63) is 47.5 Å². The average Bonchev–Trinajstić information content (AvgIpc) is 2.94. The molecule has 0 heterocycles. The van der Waals surface area contributed by atoms with Gasteiger partial charge in [0.2, 0.25) is 0 Å². The summed E-state index contributed by atoms with van der Waals surface area (Å²) >= 11 is 0. The van der Waals surface area contributed by atoms with Crippen LogP contribution in [0, 0.1) is 0 Å². The minimum Gasteiger partial charge on any atom is -0.543 e. The van der Waals surface area contributed by atoms with Crippen LogP contribution in [-0.4, -0.2) is 44.4 Å². The molecule has 2 aromatic rings. The van der Waals surface area contributed by atoms with E-state index < -0.39 is 16.6 Å². The van der Waals surface area contributed by atoms with Crippen LogP contribution in [0.1, 0.15) is 94.2 Å². The van der Waals surface area contributed by atoms with E-state index in [9.17, 15) is 0 Å². The highest BCUT2D eigenvalue weighted by atomic mass is 28.4. The zero-order valence-electron chi connectivity index (χ0n) is 29.9. The van der Waals surface area contributed by atoms with Gasteiger partial charge in [0.15, 0.2) is 13.6 Å². The maximum Gasteiger partial charge on any atom is 0.258 e. The molecule has 0 radical (unpaired) electrons. The van der Waals surface area contributed by atoms with E-state index >= 15 is 0 Å². The molecule has 0 atom stereocenters. The summed E-state index contributed by atoms with van der Waals surface area (Å²) < 4.78 is 36.2. The highest BCUT2D eigenvalue weighted by molar-refractivity contribution is 6.78. The summed E-state index contributed by atoms with van der Waals surface area (Å²) in [5.74, 6) is 3.11. The monoisotopic (exact) mass is 644 g/mol. The van der Waals surface area contributed by atoms with E-state index in [2.05, 4.69) is 113 Å². The fourth-order valence-electron chi connectivity index (χ4n) is 7.20. The summed E-state index contributed by atoms with van der Waals surface area (Å²) in [7, 11) is -1.19. The van der Waals surface area contributed by atoms with Gasteiger partial charge in [0, 0.05) is 31.9 Å². The van der Waals surface area contributed by atoms with E-state index in [0.29, 0.717) is 44.7 Å². The van der Waals surface area contributed by atoms with Crippen molar-refractivity contribution in [1.82, 2.24) is 0 Å². The van der Waals surface area contributed by atoms with Crippen molar-refractivity contribution >= 4 is 28.8 Å². The van der Waals surface area contributed by atoms with Crippen LogP contribution in [0.25, 0.3) is 12.2 Å². The zero-order chi connectivity index (χ0) is 33.2. The number of hydrogen-bond acceptors (Lipinski definition) is 6. The summed E-state index contributed by atoms with van der Waals surface area (Å²) in [4.78, 5) is 0. The molecule has 0 bridgehead atoms. The molecule has 0 aliphatic heterocycles. The number of benzene rings is 2. The van der Waals surface area contributed by atoms with Gasteiger partial charge in [0.25, 0.3) is 16.6 Å². The van der Waals surface area contributed by atoms with Crippen LogP contribution >= 0.6 is 0 Å². The molecule has 8 heteroatoms. The van der Waals surface area contributed by atoms with Crippen molar-refractivity contribution in [2.24, 2.45) is 0 Å². The summed E-state index contributed by atoms with van der Waals surface area (Å²) in [5.41, 5.74) is 4.70. The van der Waals surface area contributed by atoms with Crippen molar-refractivity contribution in [2.45, 2.75) is 116 Å². The van der Waals surface area contributed by atoms with Gasteiger partial charge in [-0.2, -0.15) is 0 Å². The lowest BCUT2D eigenvalue weighted by atomic mass is 10.1. The molecule has 0 spiro atoms. The Bertz CT molecular complexity index is 1120. The van der Waals surface area contributed by atoms with Gasteiger partial charge in [-0.25, -0.2) is 0 Å². The molecule has 2 rings (SSSR count). The normalized spacial score (nSPS) is 12.9. The van der Waals surface area contributed by atoms with Gasteiger partial charge in [0.1, 0.15) is 23.0 Å². The predicted octanol–water partition coefficient (Wildman–Crippen LogP) is 10.9. The SMILES string of the molecule is COCOc1cc(/C=C/c2ccc(O[Si](C(C)C)(C(C)C)C(C)C)cc2O[Si](C(C)C)(C(C)C)C(C)C)cc(OCOC)c1. The second-order valence-electron chi connectivity index (χ2n) is 13.7. The van der Waals surface area contributed by atoms with E-state index in [1.807, 2.05) is 18.2 Å². The van der Waals surface area contributed by atoms with E-state index in [0.717, 1.165) is 22.6 Å². The molecule has 44 heavy (non-hydrogen) atoms. The Morgan fingerprint density at radius 1 is 0.523 bits per heavy atom. The molecule has 0 unspecified atom stereocenters. The molecule has 0 fully saturated rings. The van der Waals surface area contributed by atoms with Crippen molar-refractivity contribution in [1.29, 1.82) is 0 Å². The molecule has 2 aromatic carbocycles. The summed E-state index contributed by atoms with van der Waals surface area (Å²) in [5, 5.41) is 0. The van der Waals surface area contributed by atoms with Crippen LogP contribution in [0.15, 0.2) is 36.4 Å². The Morgan fingerprint density at radius 3 is 1.36 bits per heavy atom. The summed E-state index contributed by atoms with van der Waals surface area (Å²) in [6.45, 7) is 28.2. The maximum absolute atomic E-state index is 7.34. The van der Waals surface area contributed by atoms with Gasteiger partial charge in [-0.3, -0.25) is 0 Å². The largest absolute Gasteiger partial charge is 0.543 e. The minimum absolute atomic E-state index is 0.149. The Hall–Kier alpha value is -2.27.